The van der Waals surface area contributed by atoms with Crippen molar-refractivity contribution in [2.45, 2.75) is 52.5 Å². The van der Waals surface area contributed by atoms with Gasteiger partial charge >= 0.3 is 6.03 Å². The highest BCUT2D eigenvalue weighted by atomic mass is 16.2. The standard InChI is InChI=1S/C32H36N8O/c1-4-10-29-33-30-22(2)19-25(38(3)32(41)39-17-8-5-9-18-39)20-28(30)40(29)21-23-13-15-24(16-14-23)26-11-6-7-12-27(26)31-34-36-37-35-31/h6-7,11-16,19-20H,4-5,8-10,17-18,21H2,1-3H3,(H,34,35,36,37). The molecule has 3 aromatic carbocycles. The van der Waals surface area contributed by atoms with Crippen LogP contribution in [0.3, 0.4) is 0 Å². The van der Waals surface area contributed by atoms with Crippen LogP contribution in [0.15, 0.2) is 60.7 Å². The first-order valence-electron chi connectivity index (χ1n) is 14.5. The van der Waals surface area contributed by atoms with Crippen molar-refractivity contribution in [3.05, 3.63) is 77.6 Å². The van der Waals surface area contributed by atoms with Crippen molar-refractivity contribution < 1.29 is 4.79 Å². The molecule has 2 aromatic heterocycles. The fraction of sp³-hybridized carbons (Fsp3) is 0.344. The predicted molar refractivity (Wildman–Crippen MR) is 162 cm³/mol. The number of nitrogens with one attached hydrogen (secondary N) is 1. The van der Waals surface area contributed by atoms with Crippen molar-refractivity contribution in [2.75, 3.05) is 25.0 Å². The first-order valence-corrected chi connectivity index (χ1v) is 14.5. The maximum atomic E-state index is 13.3. The van der Waals surface area contributed by atoms with E-state index in [1.165, 1.54) is 12.0 Å². The van der Waals surface area contributed by atoms with Gasteiger partial charge in [-0.05, 0) is 77.4 Å². The van der Waals surface area contributed by atoms with Crippen LogP contribution in [0.5, 0.6) is 0 Å². The van der Waals surface area contributed by atoms with Crippen LogP contribution in [-0.4, -0.2) is 61.2 Å². The average Bonchev–Trinajstić information content (AvgIpc) is 3.67. The lowest BCUT2D eigenvalue weighted by Gasteiger charge is -2.31. The number of amides is 2. The number of anilines is 1. The van der Waals surface area contributed by atoms with Gasteiger partial charge in [0.25, 0.3) is 0 Å². The number of nitrogens with zero attached hydrogens (tertiary/aromatic N) is 7. The Morgan fingerprint density at radius 2 is 1.76 bits per heavy atom. The SMILES string of the molecule is CCCc1nc2c(C)cc(N(C)C(=O)N3CCCCC3)cc2n1Cc1ccc(-c2ccccc2-c2nnn[nH]2)cc1. The number of urea groups is 1. The number of hydrogen-bond donors (Lipinski definition) is 1. The Kier molecular flexibility index (Phi) is 7.50. The van der Waals surface area contributed by atoms with E-state index in [0.29, 0.717) is 12.4 Å². The van der Waals surface area contributed by atoms with Crippen LogP contribution >= 0.6 is 0 Å². The molecular formula is C32H36N8O. The number of rotatable bonds is 7. The highest BCUT2D eigenvalue weighted by molar-refractivity contribution is 5.95. The van der Waals surface area contributed by atoms with Gasteiger partial charge in [-0.15, -0.1) is 5.10 Å². The number of aromatic nitrogens is 6. The Hall–Kier alpha value is -4.53. The fourth-order valence-corrected chi connectivity index (χ4v) is 5.80. The number of benzene rings is 3. The Morgan fingerprint density at radius 3 is 2.46 bits per heavy atom. The van der Waals surface area contributed by atoms with Crippen molar-refractivity contribution in [1.29, 1.82) is 0 Å². The zero-order valence-electron chi connectivity index (χ0n) is 24.0. The highest BCUT2D eigenvalue weighted by Crippen LogP contribution is 2.31. The second kappa shape index (κ2) is 11.5. The number of likely N-dealkylation sites (tertiary alicyclic amines) is 1. The minimum absolute atomic E-state index is 0.0697. The molecule has 1 fully saturated rings. The number of imidazole rings is 1. The molecule has 0 atom stereocenters. The van der Waals surface area contributed by atoms with E-state index < -0.39 is 0 Å². The number of fused-ring (bicyclic) bond motifs is 1. The zero-order chi connectivity index (χ0) is 28.3. The lowest BCUT2D eigenvalue weighted by molar-refractivity contribution is 0.194. The molecule has 1 aliphatic rings. The van der Waals surface area contributed by atoms with Gasteiger partial charge in [0.15, 0.2) is 5.82 Å². The Labute approximate surface area is 240 Å². The molecule has 9 nitrogen and oxygen atoms in total. The summed E-state index contributed by atoms with van der Waals surface area (Å²) in [5, 5.41) is 14.5. The summed E-state index contributed by atoms with van der Waals surface area (Å²) in [6.45, 7) is 6.64. The first kappa shape index (κ1) is 26.7. The van der Waals surface area contributed by atoms with E-state index >= 15 is 0 Å². The molecule has 9 heteroatoms. The van der Waals surface area contributed by atoms with E-state index in [9.17, 15) is 4.79 Å². The molecule has 0 spiro atoms. The molecule has 5 aromatic rings. The van der Waals surface area contributed by atoms with Crippen LogP contribution in [0.4, 0.5) is 10.5 Å². The van der Waals surface area contributed by atoms with Crippen LogP contribution in [0.25, 0.3) is 33.5 Å². The molecular weight excluding hydrogens is 512 g/mol. The second-order valence-electron chi connectivity index (χ2n) is 10.9. The van der Waals surface area contributed by atoms with Crippen molar-refractivity contribution in [2.24, 2.45) is 0 Å². The topological polar surface area (TPSA) is 95.8 Å². The summed E-state index contributed by atoms with van der Waals surface area (Å²) in [4.78, 5) is 22.1. The molecule has 1 aliphatic heterocycles. The quantitative estimate of drug-likeness (QED) is 0.260. The molecule has 1 N–H and O–H groups in total. The van der Waals surface area contributed by atoms with E-state index in [1.807, 2.05) is 30.1 Å². The largest absolute Gasteiger partial charge is 0.324 e. The van der Waals surface area contributed by atoms with E-state index in [1.54, 1.807) is 4.90 Å². The third-order valence-electron chi connectivity index (χ3n) is 8.02. The van der Waals surface area contributed by atoms with Crippen molar-refractivity contribution in [3.63, 3.8) is 0 Å². The number of hydrogen-bond acceptors (Lipinski definition) is 5. The van der Waals surface area contributed by atoms with Gasteiger partial charge in [-0.3, -0.25) is 4.90 Å². The van der Waals surface area contributed by atoms with Gasteiger partial charge in [-0.1, -0.05) is 55.5 Å². The number of piperidine rings is 1. The molecule has 3 heterocycles. The summed E-state index contributed by atoms with van der Waals surface area (Å²) in [7, 11) is 1.89. The molecule has 1 saturated heterocycles. The van der Waals surface area contributed by atoms with Crippen LogP contribution in [0, 0.1) is 6.92 Å². The number of tetrazole rings is 1. The van der Waals surface area contributed by atoms with Gasteiger partial charge in [0.2, 0.25) is 0 Å². The van der Waals surface area contributed by atoms with Crippen LogP contribution in [-0.2, 0) is 13.0 Å². The number of H-pyrrole nitrogens is 1. The number of aryl methyl sites for hydroxylation is 2. The smallest absolute Gasteiger partial charge is 0.324 e. The molecule has 0 radical (unpaired) electrons. The van der Waals surface area contributed by atoms with Crippen molar-refractivity contribution in [1.82, 2.24) is 35.1 Å². The van der Waals surface area contributed by atoms with Gasteiger partial charge in [0.1, 0.15) is 5.82 Å². The maximum absolute atomic E-state index is 13.3. The molecule has 2 amide bonds. The predicted octanol–water partition coefficient (Wildman–Crippen LogP) is 6.23. The number of carbonyl (C=O) groups is 1. The first-order chi connectivity index (χ1) is 20.0. The van der Waals surface area contributed by atoms with Gasteiger partial charge in [-0.25, -0.2) is 14.9 Å². The molecule has 210 valence electrons. The summed E-state index contributed by atoms with van der Waals surface area (Å²) in [5.41, 5.74) is 8.37. The molecule has 0 aliphatic carbocycles. The minimum atomic E-state index is 0.0697. The summed E-state index contributed by atoms with van der Waals surface area (Å²) < 4.78 is 2.32. The van der Waals surface area contributed by atoms with E-state index in [2.05, 4.69) is 81.5 Å². The molecule has 0 bridgehead atoms. The minimum Gasteiger partial charge on any atom is -0.324 e. The second-order valence-corrected chi connectivity index (χ2v) is 10.9. The summed E-state index contributed by atoms with van der Waals surface area (Å²) in [6, 6.07) is 21.1. The van der Waals surface area contributed by atoms with Crippen LogP contribution in [0.2, 0.25) is 0 Å². The zero-order valence-corrected chi connectivity index (χ0v) is 24.0. The van der Waals surface area contributed by atoms with Crippen LogP contribution in [0.1, 0.15) is 49.6 Å². The normalized spacial score (nSPS) is 13.6. The summed E-state index contributed by atoms with van der Waals surface area (Å²) >= 11 is 0. The van der Waals surface area contributed by atoms with Gasteiger partial charge < -0.3 is 9.47 Å². The monoisotopic (exact) mass is 548 g/mol. The summed E-state index contributed by atoms with van der Waals surface area (Å²) in [5.74, 6) is 1.72. The van der Waals surface area contributed by atoms with Gasteiger partial charge in [0, 0.05) is 44.4 Å². The maximum Gasteiger partial charge on any atom is 0.324 e. The molecule has 0 saturated carbocycles. The number of carbonyl (C=O) groups excluding carboxylic acids is 1. The average molecular weight is 549 g/mol. The Morgan fingerprint density at radius 1 is 1.00 bits per heavy atom. The fourth-order valence-electron chi connectivity index (χ4n) is 5.80. The molecule has 6 rings (SSSR count). The van der Waals surface area contributed by atoms with Crippen LogP contribution < -0.4 is 4.90 Å². The highest BCUT2D eigenvalue weighted by Gasteiger charge is 2.23. The van der Waals surface area contributed by atoms with E-state index in [-0.39, 0.29) is 6.03 Å². The molecule has 41 heavy (non-hydrogen) atoms. The lowest BCUT2D eigenvalue weighted by Crippen LogP contribution is -2.43. The summed E-state index contributed by atoms with van der Waals surface area (Å²) in [6.07, 6.45) is 5.25. The third-order valence-corrected chi connectivity index (χ3v) is 8.02. The lowest BCUT2D eigenvalue weighted by atomic mass is 9.98. The van der Waals surface area contributed by atoms with E-state index in [0.717, 1.165) is 83.6 Å². The number of aromatic amines is 1. The van der Waals surface area contributed by atoms with Crippen molar-refractivity contribution >= 4 is 22.8 Å². The van der Waals surface area contributed by atoms with Gasteiger partial charge in [-0.2, -0.15) is 0 Å². The molecule has 0 unspecified atom stereocenters. The Bertz CT molecular complexity index is 1650. The third kappa shape index (κ3) is 5.31. The van der Waals surface area contributed by atoms with E-state index in [4.69, 9.17) is 4.98 Å². The van der Waals surface area contributed by atoms with Gasteiger partial charge in [0.05, 0.1) is 11.0 Å². The Balaban J connectivity index is 1.32. The van der Waals surface area contributed by atoms with Crippen molar-refractivity contribution in [3.8, 4) is 22.5 Å².